The SMILES string of the molecule is CC(C)c1c(Cc2ccccc2OCc2ccccc2)c(OC2O[C@H](CO)[C@@H](O)[C@H](O)[C@H]2O)nn1CCO. The van der Waals surface area contributed by atoms with E-state index in [1.807, 2.05) is 68.4 Å². The van der Waals surface area contributed by atoms with Gasteiger partial charge in [-0.2, -0.15) is 0 Å². The maximum atomic E-state index is 10.5. The number of aromatic nitrogens is 2. The van der Waals surface area contributed by atoms with Crippen molar-refractivity contribution in [3.63, 3.8) is 0 Å². The molecule has 2 heterocycles. The van der Waals surface area contributed by atoms with E-state index in [1.165, 1.54) is 0 Å². The highest BCUT2D eigenvalue weighted by Gasteiger charge is 2.45. The average Bonchev–Trinajstić information content (AvgIpc) is 3.25. The van der Waals surface area contributed by atoms with Gasteiger partial charge < -0.3 is 39.7 Å². The second kappa shape index (κ2) is 12.7. The van der Waals surface area contributed by atoms with Crippen LogP contribution in [0, 0.1) is 0 Å². The van der Waals surface area contributed by atoms with E-state index in [0.717, 1.165) is 16.8 Å². The van der Waals surface area contributed by atoms with Crippen molar-refractivity contribution in [3.8, 4) is 11.6 Å². The molecule has 10 nitrogen and oxygen atoms in total. The monoisotopic (exact) mass is 528 g/mol. The molecule has 1 unspecified atom stereocenters. The van der Waals surface area contributed by atoms with Crippen LogP contribution in [0.2, 0.25) is 0 Å². The minimum Gasteiger partial charge on any atom is -0.489 e. The van der Waals surface area contributed by atoms with Crippen molar-refractivity contribution in [1.82, 2.24) is 9.78 Å². The lowest BCUT2D eigenvalue weighted by Crippen LogP contribution is -2.60. The summed E-state index contributed by atoms with van der Waals surface area (Å²) in [7, 11) is 0. The summed E-state index contributed by atoms with van der Waals surface area (Å²) in [5, 5.41) is 54.7. The highest BCUT2D eigenvalue weighted by atomic mass is 16.7. The van der Waals surface area contributed by atoms with Gasteiger partial charge in [0, 0.05) is 17.7 Å². The van der Waals surface area contributed by atoms with Crippen LogP contribution < -0.4 is 9.47 Å². The second-order valence-electron chi connectivity index (χ2n) is 9.64. The molecule has 2 aromatic carbocycles. The van der Waals surface area contributed by atoms with Gasteiger partial charge in [-0.25, -0.2) is 0 Å². The van der Waals surface area contributed by atoms with Gasteiger partial charge in [-0.15, -0.1) is 5.10 Å². The zero-order valence-corrected chi connectivity index (χ0v) is 21.6. The van der Waals surface area contributed by atoms with Crippen LogP contribution in [-0.2, 0) is 24.3 Å². The number of aliphatic hydroxyl groups is 5. The van der Waals surface area contributed by atoms with E-state index in [9.17, 15) is 25.5 Å². The summed E-state index contributed by atoms with van der Waals surface area (Å²) in [5.41, 5.74) is 3.46. The third-order valence-corrected chi connectivity index (χ3v) is 6.57. The Hall–Kier alpha value is -2.99. The van der Waals surface area contributed by atoms with Gasteiger partial charge in [-0.1, -0.05) is 62.4 Å². The van der Waals surface area contributed by atoms with Crippen LogP contribution in [0.1, 0.15) is 42.1 Å². The number of ether oxygens (including phenoxy) is 3. The van der Waals surface area contributed by atoms with E-state index >= 15 is 0 Å². The molecule has 0 bridgehead atoms. The van der Waals surface area contributed by atoms with Crippen LogP contribution in [0.25, 0.3) is 0 Å². The summed E-state index contributed by atoms with van der Waals surface area (Å²) in [6, 6.07) is 17.5. The lowest BCUT2D eigenvalue weighted by molar-refractivity contribution is -0.278. The first-order chi connectivity index (χ1) is 18.3. The maximum Gasteiger partial charge on any atom is 0.239 e. The Morgan fingerprint density at radius 3 is 2.34 bits per heavy atom. The van der Waals surface area contributed by atoms with Gasteiger partial charge in [-0.05, 0) is 23.1 Å². The largest absolute Gasteiger partial charge is 0.489 e. The fraction of sp³-hybridized carbons (Fsp3) is 0.464. The van der Waals surface area contributed by atoms with Crippen molar-refractivity contribution in [3.05, 3.63) is 77.0 Å². The molecule has 0 spiro atoms. The first-order valence-corrected chi connectivity index (χ1v) is 12.8. The molecular weight excluding hydrogens is 492 g/mol. The Balaban J connectivity index is 1.67. The number of hydrogen-bond donors (Lipinski definition) is 5. The molecule has 5 atom stereocenters. The van der Waals surface area contributed by atoms with Crippen LogP contribution in [0.3, 0.4) is 0 Å². The highest BCUT2D eigenvalue weighted by molar-refractivity contribution is 5.43. The Labute approximate surface area is 221 Å². The van der Waals surface area contributed by atoms with Gasteiger partial charge in [0.15, 0.2) is 0 Å². The predicted octanol–water partition coefficient (Wildman–Crippen LogP) is 1.35. The number of benzene rings is 2. The van der Waals surface area contributed by atoms with E-state index in [1.54, 1.807) is 4.68 Å². The highest BCUT2D eigenvalue weighted by Crippen LogP contribution is 2.34. The summed E-state index contributed by atoms with van der Waals surface area (Å²) in [4.78, 5) is 0. The summed E-state index contributed by atoms with van der Waals surface area (Å²) in [6.45, 7) is 3.92. The van der Waals surface area contributed by atoms with E-state index in [4.69, 9.17) is 14.2 Å². The summed E-state index contributed by atoms with van der Waals surface area (Å²) < 4.78 is 19.4. The van der Waals surface area contributed by atoms with Crippen LogP contribution in [0.5, 0.6) is 11.6 Å². The van der Waals surface area contributed by atoms with E-state index in [0.29, 0.717) is 24.3 Å². The Bertz CT molecular complexity index is 1170. The van der Waals surface area contributed by atoms with Gasteiger partial charge >= 0.3 is 0 Å². The zero-order chi connectivity index (χ0) is 27.2. The molecule has 1 fully saturated rings. The first-order valence-electron chi connectivity index (χ1n) is 12.8. The van der Waals surface area contributed by atoms with Crippen LogP contribution >= 0.6 is 0 Å². The molecule has 1 saturated heterocycles. The molecule has 38 heavy (non-hydrogen) atoms. The molecule has 4 rings (SSSR count). The topological polar surface area (TPSA) is 147 Å². The Morgan fingerprint density at radius 2 is 1.66 bits per heavy atom. The third kappa shape index (κ3) is 6.17. The molecule has 5 N–H and O–H groups in total. The van der Waals surface area contributed by atoms with Gasteiger partial charge in [0.05, 0.1) is 19.8 Å². The van der Waals surface area contributed by atoms with Gasteiger partial charge in [-0.3, -0.25) is 4.68 Å². The van der Waals surface area contributed by atoms with Crippen molar-refractivity contribution in [2.45, 2.75) is 70.0 Å². The molecule has 10 heteroatoms. The molecule has 0 radical (unpaired) electrons. The number of para-hydroxylation sites is 1. The smallest absolute Gasteiger partial charge is 0.239 e. The van der Waals surface area contributed by atoms with Crippen LogP contribution in [-0.4, -0.2) is 79.2 Å². The molecule has 1 aliphatic rings. The molecule has 3 aromatic rings. The molecule has 1 aliphatic heterocycles. The number of hydrogen-bond acceptors (Lipinski definition) is 9. The third-order valence-electron chi connectivity index (χ3n) is 6.57. The molecule has 0 amide bonds. The van der Waals surface area contributed by atoms with E-state index in [2.05, 4.69) is 5.10 Å². The van der Waals surface area contributed by atoms with Crippen molar-refractivity contribution in [1.29, 1.82) is 0 Å². The lowest BCUT2D eigenvalue weighted by Gasteiger charge is -2.39. The van der Waals surface area contributed by atoms with Crippen molar-refractivity contribution < 1.29 is 39.7 Å². The van der Waals surface area contributed by atoms with E-state index in [-0.39, 0.29) is 24.9 Å². The van der Waals surface area contributed by atoms with E-state index < -0.39 is 37.3 Å². The predicted molar refractivity (Wildman–Crippen MR) is 138 cm³/mol. The maximum absolute atomic E-state index is 10.5. The normalized spacial score (nSPS) is 23.5. The van der Waals surface area contributed by atoms with Gasteiger partial charge in [0.1, 0.15) is 36.8 Å². The second-order valence-corrected chi connectivity index (χ2v) is 9.64. The molecular formula is C28H36N2O8. The number of aliphatic hydroxyl groups excluding tert-OH is 5. The Kier molecular flexibility index (Phi) is 9.37. The zero-order valence-electron chi connectivity index (χ0n) is 21.6. The van der Waals surface area contributed by atoms with Gasteiger partial charge in [0.25, 0.3) is 0 Å². The van der Waals surface area contributed by atoms with Crippen molar-refractivity contribution in [2.24, 2.45) is 0 Å². The summed E-state index contributed by atoms with van der Waals surface area (Å²) >= 11 is 0. The minimum atomic E-state index is -1.58. The quantitative estimate of drug-likeness (QED) is 0.249. The molecule has 0 saturated carbocycles. The molecule has 1 aromatic heterocycles. The fourth-order valence-electron chi connectivity index (χ4n) is 4.65. The average molecular weight is 529 g/mol. The molecule has 206 valence electrons. The standard InChI is InChI=1S/C28H36N2O8/c1-17(2)23-20(14-19-10-6-7-11-21(19)36-16-18-8-4-3-5-9-18)27(29-30(23)12-13-31)38-28-26(35)25(34)24(33)22(15-32)37-28/h3-11,17,22,24-26,28,31-35H,12-16H2,1-2H3/t22-,24-,25+,26-,28?/m1/s1. The first kappa shape index (κ1) is 28.0. The van der Waals surface area contributed by atoms with Crippen molar-refractivity contribution >= 4 is 0 Å². The summed E-state index contributed by atoms with van der Waals surface area (Å²) in [5.74, 6) is 0.859. The molecule has 0 aliphatic carbocycles. The number of rotatable bonds is 11. The van der Waals surface area contributed by atoms with Gasteiger partial charge in [0.2, 0.25) is 12.2 Å². The number of nitrogens with zero attached hydrogens (tertiary/aromatic N) is 2. The Morgan fingerprint density at radius 1 is 0.947 bits per heavy atom. The minimum absolute atomic E-state index is 0.00796. The fourth-order valence-corrected chi connectivity index (χ4v) is 4.65. The van der Waals surface area contributed by atoms with Crippen LogP contribution in [0.4, 0.5) is 0 Å². The lowest BCUT2D eigenvalue weighted by atomic mass is 9.98. The van der Waals surface area contributed by atoms with Crippen LogP contribution in [0.15, 0.2) is 54.6 Å². The van der Waals surface area contributed by atoms with Crippen molar-refractivity contribution in [2.75, 3.05) is 13.2 Å². The summed E-state index contributed by atoms with van der Waals surface area (Å²) in [6.07, 6.45) is -6.78.